The average molecular weight is 353 g/mol. The highest BCUT2D eigenvalue weighted by molar-refractivity contribution is 6.05. The molecule has 4 N–H and O–H groups in total. The molecule has 0 spiro atoms. The number of carboxylic acids is 1. The van der Waals surface area contributed by atoms with Crippen molar-refractivity contribution < 1.29 is 24.1 Å². The molecular formula is C13H15Cl2FN2O4. The molecule has 0 aliphatic heterocycles. The molecule has 1 aromatic carbocycles. The largest absolute Gasteiger partial charge is 0.491 e. The molecule has 2 rings (SSSR count). The molecule has 0 aliphatic carbocycles. The molecule has 0 fully saturated rings. The molecule has 1 heterocycles. The molecule has 0 amide bonds. The number of nitrogens with two attached hydrogens (primary N) is 1. The number of hydrogen-bond donors (Lipinski definition) is 3. The SMILES string of the molecule is Cl.Cl.N[C@H](CO)COc1ccc2ncc(F)cc2c1C(=O)O. The number of hydrogen-bond acceptors (Lipinski definition) is 5. The summed E-state index contributed by atoms with van der Waals surface area (Å²) in [4.78, 5) is 15.2. The Bertz CT molecular complexity index is 657. The molecule has 0 bridgehead atoms. The number of aromatic carboxylic acids is 1. The third-order valence-corrected chi connectivity index (χ3v) is 2.69. The summed E-state index contributed by atoms with van der Waals surface area (Å²) in [6, 6.07) is 3.42. The Balaban J connectivity index is 0.00000220. The van der Waals surface area contributed by atoms with Gasteiger partial charge in [0.25, 0.3) is 0 Å². The Morgan fingerprint density at radius 2 is 2.09 bits per heavy atom. The quantitative estimate of drug-likeness (QED) is 0.754. The van der Waals surface area contributed by atoms with E-state index < -0.39 is 17.8 Å². The Hall–Kier alpha value is -1.67. The monoisotopic (exact) mass is 352 g/mol. The maximum atomic E-state index is 13.2. The predicted molar refractivity (Wildman–Crippen MR) is 83.7 cm³/mol. The minimum atomic E-state index is -1.25. The van der Waals surface area contributed by atoms with Gasteiger partial charge in [-0.15, -0.1) is 24.8 Å². The molecule has 0 radical (unpaired) electrons. The zero-order valence-electron chi connectivity index (χ0n) is 11.2. The molecule has 1 atom stereocenters. The Morgan fingerprint density at radius 3 is 2.68 bits per heavy atom. The van der Waals surface area contributed by atoms with Gasteiger partial charge in [0.15, 0.2) is 0 Å². The third-order valence-electron chi connectivity index (χ3n) is 2.69. The van der Waals surface area contributed by atoms with Gasteiger partial charge in [-0.25, -0.2) is 9.18 Å². The molecule has 0 unspecified atom stereocenters. The van der Waals surface area contributed by atoms with Crippen molar-refractivity contribution in [3.63, 3.8) is 0 Å². The van der Waals surface area contributed by atoms with Crippen LogP contribution in [0.2, 0.25) is 0 Å². The van der Waals surface area contributed by atoms with E-state index in [1.807, 2.05) is 0 Å². The number of nitrogens with zero attached hydrogens (tertiary/aromatic N) is 1. The fourth-order valence-corrected chi connectivity index (χ4v) is 1.74. The van der Waals surface area contributed by atoms with E-state index in [1.54, 1.807) is 0 Å². The highest BCUT2D eigenvalue weighted by Gasteiger charge is 2.17. The Labute approximate surface area is 137 Å². The molecule has 122 valence electrons. The summed E-state index contributed by atoms with van der Waals surface area (Å²) in [6.45, 7) is -0.336. The minimum absolute atomic E-state index is 0. The summed E-state index contributed by atoms with van der Waals surface area (Å²) in [5.41, 5.74) is 5.66. The van der Waals surface area contributed by atoms with Crippen LogP contribution in [0.15, 0.2) is 24.4 Å². The number of rotatable bonds is 5. The van der Waals surface area contributed by atoms with E-state index in [2.05, 4.69) is 4.98 Å². The van der Waals surface area contributed by atoms with Crippen molar-refractivity contribution in [3.05, 3.63) is 35.8 Å². The lowest BCUT2D eigenvalue weighted by molar-refractivity contribution is 0.0694. The van der Waals surface area contributed by atoms with Gasteiger partial charge in [-0.1, -0.05) is 0 Å². The molecular weight excluding hydrogens is 338 g/mol. The van der Waals surface area contributed by atoms with E-state index in [0.29, 0.717) is 5.52 Å². The summed E-state index contributed by atoms with van der Waals surface area (Å²) >= 11 is 0. The van der Waals surface area contributed by atoms with E-state index in [4.69, 9.17) is 15.6 Å². The lowest BCUT2D eigenvalue weighted by Gasteiger charge is -2.13. The highest BCUT2D eigenvalue weighted by atomic mass is 35.5. The zero-order valence-corrected chi connectivity index (χ0v) is 12.9. The predicted octanol–water partition coefficient (Wildman–Crippen LogP) is 1.61. The van der Waals surface area contributed by atoms with Crippen molar-refractivity contribution in [3.8, 4) is 5.75 Å². The van der Waals surface area contributed by atoms with Crippen molar-refractivity contribution in [1.29, 1.82) is 0 Å². The molecule has 0 saturated heterocycles. The first-order valence-corrected chi connectivity index (χ1v) is 5.83. The summed E-state index contributed by atoms with van der Waals surface area (Å²) in [6.07, 6.45) is 1.01. The summed E-state index contributed by atoms with van der Waals surface area (Å²) in [5, 5.41) is 18.2. The van der Waals surface area contributed by atoms with Crippen LogP contribution in [0, 0.1) is 5.82 Å². The van der Waals surface area contributed by atoms with E-state index >= 15 is 0 Å². The summed E-state index contributed by atoms with van der Waals surface area (Å²) in [7, 11) is 0. The number of fused-ring (bicyclic) bond motifs is 1. The second-order valence-corrected chi connectivity index (χ2v) is 4.22. The lowest BCUT2D eigenvalue weighted by atomic mass is 10.1. The van der Waals surface area contributed by atoms with Crippen molar-refractivity contribution in [2.75, 3.05) is 13.2 Å². The maximum absolute atomic E-state index is 13.2. The second-order valence-electron chi connectivity index (χ2n) is 4.22. The maximum Gasteiger partial charge on any atom is 0.340 e. The van der Waals surface area contributed by atoms with Crippen LogP contribution in [0.4, 0.5) is 4.39 Å². The van der Waals surface area contributed by atoms with Gasteiger partial charge in [0.2, 0.25) is 0 Å². The molecule has 0 saturated carbocycles. The number of aliphatic hydroxyl groups excluding tert-OH is 1. The molecule has 1 aromatic heterocycles. The van der Waals surface area contributed by atoms with Gasteiger partial charge in [-0.3, -0.25) is 4.98 Å². The standard InChI is InChI=1S/C13H13FN2O4.2ClH/c14-7-3-9-10(16-4-7)1-2-11(12(9)13(18)19)20-6-8(15)5-17;;/h1-4,8,17H,5-6,15H2,(H,18,19);2*1H/t8-;;/m1../s1. The van der Waals surface area contributed by atoms with Gasteiger partial charge in [-0.05, 0) is 18.2 Å². The van der Waals surface area contributed by atoms with Crippen molar-refractivity contribution in [2.24, 2.45) is 5.73 Å². The zero-order chi connectivity index (χ0) is 14.7. The van der Waals surface area contributed by atoms with Crippen molar-refractivity contribution in [1.82, 2.24) is 4.98 Å². The second kappa shape index (κ2) is 8.70. The third kappa shape index (κ3) is 4.41. The molecule has 2 aromatic rings. The Morgan fingerprint density at radius 1 is 1.41 bits per heavy atom. The number of benzene rings is 1. The topological polar surface area (TPSA) is 106 Å². The van der Waals surface area contributed by atoms with Gasteiger partial charge in [0, 0.05) is 5.39 Å². The number of pyridine rings is 1. The van der Waals surface area contributed by atoms with Crippen LogP contribution in [0.25, 0.3) is 10.9 Å². The van der Waals surface area contributed by atoms with Gasteiger partial charge in [-0.2, -0.15) is 0 Å². The van der Waals surface area contributed by atoms with Gasteiger partial charge in [0.05, 0.1) is 24.4 Å². The van der Waals surface area contributed by atoms with Crippen LogP contribution in [0.1, 0.15) is 10.4 Å². The van der Waals surface area contributed by atoms with E-state index in [-0.39, 0.29) is 54.7 Å². The smallest absolute Gasteiger partial charge is 0.340 e. The number of carbonyl (C=O) groups is 1. The van der Waals surface area contributed by atoms with Crippen LogP contribution in [-0.2, 0) is 0 Å². The number of aliphatic hydroxyl groups is 1. The molecule has 6 nitrogen and oxygen atoms in total. The molecule has 9 heteroatoms. The Kier molecular flexibility index (Phi) is 8.04. The average Bonchev–Trinajstić information content (AvgIpc) is 2.43. The molecule has 22 heavy (non-hydrogen) atoms. The fraction of sp³-hybridized carbons (Fsp3) is 0.231. The lowest BCUT2D eigenvalue weighted by Crippen LogP contribution is -2.31. The van der Waals surface area contributed by atoms with E-state index in [1.165, 1.54) is 12.1 Å². The normalized spacial score (nSPS) is 11.2. The van der Waals surface area contributed by atoms with Crippen LogP contribution in [0.3, 0.4) is 0 Å². The van der Waals surface area contributed by atoms with Gasteiger partial charge >= 0.3 is 5.97 Å². The van der Waals surface area contributed by atoms with E-state index in [9.17, 15) is 14.3 Å². The number of carboxylic acid groups (broad SMARTS) is 1. The number of aromatic nitrogens is 1. The fourth-order valence-electron chi connectivity index (χ4n) is 1.74. The van der Waals surface area contributed by atoms with E-state index in [0.717, 1.165) is 12.3 Å². The van der Waals surface area contributed by atoms with Crippen LogP contribution in [0.5, 0.6) is 5.75 Å². The summed E-state index contributed by atoms with van der Waals surface area (Å²) < 4.78 is 18.5. The summed E-state index contributed by atoms with van der Waals surface area (Å²) in [5.74, 6) is -1.83. The minimum Gasteiger partial charge on any atom is -0.491 e. The van der Waals surface area contributed by atoms with Gasteiger partial charge < -0.3 is 20.7 Å². The van der Waals surface area contributed by atoms with Gasteiger partial charge in [0.1, 0.15) is 23.7 Å². The van der Waals surface area contributed by atoms with Crippen LogP contribution >= 0.6 is 24.8 Å². The van der Waals surface area contributed by atoms with Crippen LogP contribution < -0.4 is 10.5 Å². The number of ether oxygens (including phenoxy) is 1. The first-order valence-electron chi connectivity index (χ1n) is 5.83. The van der Waals surface area contributed by atoms with Crippen molar-refractivity contribution in [2.45, 2.75) is 6.04 Å². The van der Waals surface area contributed by atoms with Crippen molar-refractivity contribution >= 4 is 41.7 Å². The highest BCUT2D eigenvalue weighted by Crippen LogP contribution is 2.27. The van der Waals surface area contributed by atoms with Crippen LogP contribution in [-0.4, -0.2) is 40.4 Å². The molecule has 0 aliphatic rings. The first kappa shape index (κ1) is 20.3. The first-order chi connectivity index (χ1) is 9.52. The number of halogens is 3.